The first-order chi connectivity index (χ1) is 5.24. The first-order valence-electron chi connectivity index (χ1n) is 4.39. The van der Waals surface area contributed by atoms with Crippen LogP contribution in [-0.2, 0) is 6.42 Å². The van der Waals surface area contributed by atoms with Gasteiger partial charge in [-0.15, -0.1) is 0 Å². The highest BCUT2D eigenvalue weighted by molar-refractivity contribution is 5.23. The molecule has 1 heteroatoms. The fraction of sp³-hybridized carbons (Fsp3) is 0.600. The van der Waals surface area contributed by atoms with E-state index in [1.54, 1.807) is 0 Å². The molecule has 0 spiro atoms. The van der Waals surface area contributed by atoms with Crippen LogP contribution in [0, 0.1) is 13.8 Å². The lowest BCUT2D eigenvalue weighted by molar-refractivity contribution is 0.775. The summed E-state index contributed by atoms with van der Waals surface area (Å²) in [5.41, 5.74) is 4.12. The van der Waals surface area contributed by atoms with Crippen molar-refractivity contribution in [3.63, 3.8) is 0 Å². The SMILES string of the molecule is CCCCc1[nH]c(C)cc1C. The Hall–Kier alpha value is -0.720. The Balaban J connectivity index is 2.62. The van der Waals surface area contributed by atoms with Crippen LogP contribution in [-0.4, -0.2) is 4.98 Å². The summed E-state index contributed by atoms with van der Waals surface area (Å²) in [6, 6.07) is 2.21. The number of rotatable bonds is 3. The molecule has 0 unspecified atom stereocenters. The molecule has 1 nitrogen and oxygen atoms in total. The molecule has 11 heavy (non-hydrogen) atoms. The minimum absolute atomic E-state index is 1.20. The largest absolute Gasteiger partial charge is 0.362 e. The number of H-pyrrole nitrogens is 1. The zero-order valence-electron chi connectivity index (χ0n) is 7.70. The Kier molecular flexibility index (Phi) is 2.75. The molecule has 0 radical (unpaired) electrons. The van der Waals surface area contributed by atoms with E-state index in [1.165, 1.54) is 36.2 Å². The average molecular weight is 151 g/mol. The van der Waals surface area contributed by atoms with E-state index in [9.17, 15) is 0 Å². The van der Waals surface area contributed by atoms with E-state index in [0.717, 1.165) is 0 Å². The number of hydrogen-bond acceptors (Lipinski definition) is 0. The Morgan fingerprint density at radius 3 is 2.55 bits per heavy atom. The first-order valence-corrected chi connectivity index (χ1v) is 4.39. The summed E-state index contributed by atoms with van der Waals surface area (Å²) >= 11 is 0. The van der Waals surface area contributed by atoms with Gasteiger partial charge >= 0.3 is 0 Å². The normalized spacial score (nSPS) is 10.5. The van der Waals surface area contributed by atoms with Gasteiger partial charge in [0.2, 0.25) is 0 Å². The third kappa shape index (κ3) is 2.11. The fourth-order valence-corrected chi connectivity index (χ4v) is 1.40. The fourth-order valence-electron chi connectivity index (χ4n) is 1.40. The van der Waals surface area contributed by atoms with Gasteiger partial charge in [-0.3, -0.25) is 0 Å². The van der Waals surface area contributed by atoms with Gasteiger partial charge in [-0.05, 0) is 38.3 Å². The molecule has 0 atom stereocenters. The van der Waals surface area contributed by atoms with Crippen molar-refractivity contribution in [2.75, 3.05) is 0 Å². The van der Waals surface area contributed by atoms with Crippen molar-refractivity contribution in [3.05, 3.63) is 23.0 Å². The van der Waals surface area contributed by atoms with Crippen molar-refractivity contribution >= 4 is 0 Å². The zero-order valence-corrected chi connectivity index (χ0v) is 7.70. The van der Waals surface area contributed by atoms with Gasteiger partial charge in [-0.2, -0.15) is 0 Å². The summed E-state index contributed by atoms with van der Waals surface area (Å²) in [5, 5.41) is 0. The Morgan fingerprint density at radius 1 is 1.36 bits per heavy atom. The summed E-state index contributed by atoms with van der Waals surface area (Å²) < 4.78 is 0. The maximum atomic E-state index is 3.38. The summed E-state index contributed by atoms with van der Waals surface area (Å²) in [6.07, 6.45) is 3.77. The zero-order chi connectivity index (χ0) is 8.27. The van der Waals surface area contributed by atoms with Crippen LogP contribution in [0.1, 0.15) is 36.7 Å². The summed E-state index contributed by atoms with van der Waals surface area (Å²) in [7, 11) is 0. The Labute approximate surface area is 68.8 Å². The van der Waals surface area contributed by atoms with Gasteiger partial charge in [0.15, 0.2) is 0 Å². The van der Waals surface area contributed by atoms with Crippen molar-refractivity contribution in [1.29, 1.82) is 0 Å². The predicted molar refractivity (Wildman–Crippen MR) is 48.9 cm³/mol. The third-order valence-electron chi connectivity index (χ3n) is 2.04. The highest BCUT2D eigenvalue weighted by Gasteiger charge is 1.99. The van der Waals surface area contributed by atoms with Crippen LogP contribution in [0.2, 0.25) is 0 Å². The van der Waals surface area contributed by atoms with Crippen LogP contribution in [0.25, 0.3) is 0 Å². The van der Waals surface area contributed by atoms with E-state index >= 15 is 0 Å². The molecule has 1 heterocycles. The predicted octanol–water partition coefficient (Wildman–Crippen LogP) is 2.97. The Bertz CT molecular complexity index is 223. The molecule has 1 aromatic heterocycles. The minimum Gasteiger partial charge on any atom is -0.362 e. The number of nitrogens with one attached hydrogen (secondary N) is 1. The highest BCUT2D eigenvalue weighted by atomic mass is 14.7. The lowest BCUT2D eigenvalue weighted by atomic mass is 10.1. The molecule has 0 saturated carbocycles. The van der Waals surface area contributed by atoms with Crippen molar-refractivity contribution in [3.8, 4) is 0 Å². The molecule has 0 aliphatic heterocycles. The van der Waals surface area contributed by atoms with Gasteiger partial charge in [0.1, 0.15) is 0 Å². The van der Waals surface area contributed by atoms with Crippen LogP contribution in [0.3, 0.4) is 0 Å². The van der Waals surface area contributed by atoms with Gasteiger partial charge in [-0.1, -0.05) is 13.3 Å². The molecule has 0 fully saturated rings. The maximum absolute atomic E-state index is 3.38. The average Bonchev–Trinajstić information content (AvgIpc) is 2.26. The number of aromatic amines is 1. The van der Waals surface area contributed by atoms with Gasteiger partial charge in [0, 0.05) is 11.4 Å². The van der Waals surface area contributed by atoms with Crippen LogP contribution < -0.4 is 0 Å². The topological polar surface area (TPSA) is 15.8 Å². The maximum Gasteiger partial charge on any atom is 0.0178 e. The van der Waals surface area contributed by atoms with Gasteiger partial charge in [0.05, 0.1) is 0 Å². The molecule has 1 rings (SSSR count). The van der Waals surface area contributed by atoms with Crippen LogP contribution in [0.4, 0.5) is 0 Å². The van der Waals surface area contributed by atoms with E-state index in [4.69, 9.17) is 0 Å². The second-order valence-corrected chi connectivity index (χ2v) is 3.22. The van der Waals surface area contributed by atoms with Crippen molar-refractivity contribution < 1.29 is 0 Å². The van der Waals surface area contributed by atoms with E-state index in [1.807, 2.05) is 0 Å². The molecular weight excluding hydrogens is 134 g/mol. The van der Waals surface area contributed by atoms with E-state index < -0.39 is 0 Å². The standard InChI is InChI=1S/C10H17N/c1-4-5-6-10-8(2)7-9(3)11-10/h7,11H,4-6H2,1-3H3. The summed E-state index contributed by atoms with van der Waals surface area (Å²) in [5.74, 6) is 0. The highest BCUT2D eigenvalue weighted by Crippen LogP contribution is 2.11. The van der Waals surface area contributed by atoms with Gasteiger partial charge < -0.3 is 4.98 Å². The lowest BCUT2D eigenvalue weighted by Gasteiger charge is -1.96. The molecule has 1 aromatic rings. The number of aromatic nitrogens is 1. The minimum atomic E-state index is 1.20. The monoisotopic (exact) mass is 151 g/mol. The third-order valence-corrected chi connectivity index (χ3v) is 2.04. The molecule has 1 N–H and O–H groups in total. The van der Waals surface area contributed by atoms with Crippen molar-refractivity contribution in [2.24, 2.45) is 0 Å². The van der Waals surface area contributed by atoms with E-state index in [-0.39, 0.29) is 0 Å². The first kappa shape index (κ1) is 8.38. The molecule has 0 aliphatic rings. The van der Waals surface area contributed by atoms with Crippen molar-refractivity contribution in [1.82, 2.24) is 4.98 Å². The van der Waals surface area contributed by atoms with E-state index in [2.05, 4.69) is 31.8 Å². The van der Waals surface area contributed by atoms with Crippen LogP contribution >= 0.6 is 0 Å². The number of aryl methyl sites for hydroxylation is 3. The quantitative estimate of drug-likeness (QED) is 0.683. The lowest BCUT2D eigenvalue weighted by Crippen LogP contribution is -1.87. The van der Waals surface area contributed by atoms with E-state index in [0.29, 0.717) is 0 Å². The second kappa shape index (κ2) is 3.61. The molecule has 0 saturated heterocycles. The van der Waals surface area contributed by atoms with Gasteiger partial charge in [-0.25, -0.2) is 0 Å². The molecule has 0 amide bonds. The summed E-state index contributed by atoms with van der Waals surface area (Å²) in [6.45, 7) is 6.52. The number of unbranched alkanes of at least 4 members (excludes halogenated alkanes) is 1. The molecular formula is C10H17N. The van der Waals surface area contributed by atoms with Crippen LogP contribution in [0.5, 0.6) is 0 Å². The second-order valence-electron chi connectivity index (χ2n) is 3.22. The summed E-state index contributed by atoms with van der Waals surface area (Å²) in [4.78, 5) is 3.38. The van der Waals surface area contributed by atoms with Crippen LogP contribution in [0.15, 0.2) is 6.07 Å². The van der Waals surface area contributed by atoms with Gasteiger partial charge in [0.25, 0.3) is 0 Å². The Morgan fingerprint density at radius 2 is 2.09 bits per heavy atom. The van der Waals surface area contributed by atoms with Crippen molar-refractivity contribution in [2.45, 2.75) is 40.0 Å². The smallest absolute Gasteiger partial charge is 0.0178 e. The molecule has 0 aliphatic carbocycles. The number of hydrogen-bond donors (Lipinski definition) is 1. The molecule has 0 aromatic carbocycles. The molecule has 0 bridgehead atoms. The molecule has 62 valence electrons.